The van der Waals surface area contributed by atoms with Gasteiger partial charge in [-0.2, -0.15) is 0 Å². The van der Waals surface area contributed by atoms with Crippen LogP contribution in [-0.4, -0.2) is 11.9 Å². The average molecular weight is 489 g/mol. The Morgan fingerprint density at radius 2 is 1.80 bits per heavy atom. The highest BCUT2D eigenvalue weighted by Gasteiger charge is 2.37. The summed E-state index contributed by atoms with van der Waals surface area (Å²) in [6.07, 6.45) is 4.00. The lowest BCUT2D eigenvalue weighted by Gasteiger charge is -2.36. The number of ether oxygens (including phenoxy) is 1. The molecule has 0 spiro atoms. The molecule has 0 saturated carbocycles. The van der Waals surface area contributed by atoms with Gasteiger partial charge in [0.1, 0.15) is 16.9 Å². The van der Waals surface area contributed by atoms with Gasteiger partial charge in [0.05, 0.1) is 11.1 Å². The van der Waals surface area contributed by atoms with Crippen molar-refractivity contribution < 1.29 is 14.3 Å². The van der Waals surface area contributed by atoms with E-state index >= 15 is 0 Å². The monoisotopic (exact) mass is 488 g/mol. The van der Waals surface area contributed by atoms with Gasteiger partial charge in [-0.1, -0.05) is 57.0 Å². The molecule has 0 unspecified atom stereocenters. The molecular formula is C29H32N2O3S. The molecule has 3 aromatic rings. The third-order valence-corrected chi connectivity index (χ3v) is 8.96. The van der Waals surface area contributed by atoms with Crippen LogP contribution in [0.25, 0.3) is 0 Å². The minimum atomic E-state index is -0.389. The summed E-state index contributed by atoms with van der Waals surface area (Å²) < 4.78 is 5.52. The Hall–Kier alpha value is -3.12. The Kier molecular flexibility index (Phi) is 6.18. The van der Waals surface area contributed by atoms with Crippen LogP contribution in [0, 0.1) is 18.3 Å². The van der Waals surface area contributed by atoms with Crippen molar-refractivity contribution in [1.29, 1.82) is 0 Å². The van der Waals surface area contributed by atoms with Crippen LogP contribution < -0.4 is 15.4 Å². The van der Waals surface area contributed by atoms with Gasteiger partial charge in [0.15, 0.2) is 0 Å². The number of anilines is 1. The summed E-state index contributed by atoms with van der Waals surface area (Å²) in [5.41, 5.74) is 4.89. The van der Waals surface area contributed by atoms with Crippen molar-refractivity contribution in [1.82, 2.24) is 5.32 Å². The van der Waals surface area contributed by atoms with Gasteiger partial charge in [-0.25, -0.2) is 4.79 Å². The largest absolute Gasteiger partial charge is 0.423 e. The molecule has 1 amide bonds. The van der Waals surface area contributed by atoms with Crippen LogP contribution in [0.1, 0.15) is 82.1 Å². The van der Waals surface area contributed by atoms with Gasteiger partial charge in [-0.3, -0.25) is 4.79 Å². The van der Waals surface area contributed by atoms with Gasteiger partial charge >= 0.3 is 5.97 Å². The summed E-state index contributed by atoms with van der Waals surface area (Å²) in [6.45, 7) is 8.96. The summed E-state index contributed by atoms with van der Waals surface area (Å²) >= 11 is 1.74. The topological polar surface area (TPSA) is 67.4 Å². The average Bonchev–Trinajstić information content (AvgIpc) is 3.23. The number of fused-ring (bicyclic) bond motifs is 3. The fraction of sp³-hybridized carbons (Fsp3) is 0.379. The Morgan fingerprint density at radius 3 is 2.49 bits per heavy atom. The second-order valence-electron chi connectivity index (χ2n) is 10.4. The maximum atomic E-state index is 13.1. The van der Waals surface area contributed by atoms with Crippen LogP contribution in [0.3, 0.4) is 0 Å². The molecule has 182 valence electrons. The number of esters is 1. The van der Waals surface area contributed by atoms with Gasteiger partial charge in [0.25, 0.3) is 5.91 Å². The van der Waals surface area contributed by atoms with E-state index in [4.69, 9.17) is 4.74 Å². The molecule has 2 N–H and O–H groups in total. The number of benzene rings is 2. The molecule has 2 atom stereocenters. The molecule has 1 aliphatic heterocycles. The van der Waals surface area contributed by atoms with Crippen molar-refractivity contribution in [2.45, 2.75) is 59.5 Å². The quantitative estimate of drug-likeness (QED) is 0.311. The van der Waals surface area contributed by atoms with Crippen molar-refractivity contribution in [2.75, 3.05) is 5.32 Å². The second-order valence-corrected chi connectivity index (χ2v) is 11.5. The first-order valence-corrected chi connectivity index (χ1v) is 13.2. The smallest absolute Gasteiger partial charge is 0.343 e. The number of amides is 1. The lowest BCUT2D eigenvalue weighted by molar-refractivity contribution is 0.0734. The number of aryl methyl sites for hydroxylation is 1. The first kappa shape index (κ1) is 23.6. The van der Waals surface area contributed by atoms with Crippen molar-refractivity contribution in [3.8, 4) is 5.75 Å². The van der Waals surface area contributed by atoms with Crippen LogP contribution in [0.4, 0.5) is 5.00 Å². The van der Waals surface area contributed by atoms with Gasteiger partial charge in [-0.05, 0) is 72.9 Å². The van der Waals surface area contributed by atoms with E-state index in [-0.39, 0.29) is 18.0 Å². The molecule has 6 heteroatoms. The predicted octanol–water partition coefficient (Wildman–Crippen LogP) is 6.67. The van der Waals surface area contributed by atoms with Crippen molar-refractivity contribution >= 4 is 28.2 Å². The van der Waals surface area contributed by atoms with Crippen molar-refractivity contribution in [2.24, 2.45) is 11.3 Å². The lowest BCUT2D eigenvalue weighted by Crippen LogP contribution is -2.38. The van der Waals surface area contributed by atoms with Crippen LogP contribution in [-0.2, 0) is 12.8 Å². The highest BCUT2D eigenvalue weighted by atomic mass is 32.1. The number of carbonyl (C=O) groups excluding carboxylic acids is 2. The molecule has 35 heavy (non-hydrogen) atoms. The number of rotatable bonds is 5. The van der Waals surface area contributed by atoms with Crippen LogP contribution in [0.5, 0.6) is 5.75 Å². The van der Waals surface area contributed by atoms with Crippen LogP contribution in [0.2, 0.25) is 0 Å². The van der Waals surface area contributed by atoms with Gasteiger partial charge in [-0.15, -0.1) is 11.3 Å². The minimum Gasteiger partial charge on any atom is -0.423 e. The molecule has 0 bridgehead atoms. The Labute approximate surface area is 210 Å². The van der Waals surface area contributed by atoms with E-state index in [0.29, 0.717) is 22.6 Å². The second kappa shape index (κ2) is 9.15. The Bertz CT molecular complexity index is 1260. The summed E-state index contributed by atoms with van der Waals surface area (Å²) in [7, 11) is 0. The number of hydrogen-bond acceptors (Lipinski definition) is 5. The normalized spacial score (nSPS) is 19.3. The molecular weight excluding hydrogens is 456 g/mol. The zero-order valence-electron chi connectivity index (χ0n) is 20.7. The van der Waals surface area contributed by atoms with Crippen LogP contribution >= 0.6 is 11.3 Å². The van der Waals surface area contributed by atoms with E-state index in [1.807, 2.05) is 31.2 Å². The summed E-state index contributed by atoms with van der Waals surface area (Å²) in [6, 6.07) is 14.6. The molecule has 0 radical (unpaired) electrons. The van der Waals surface area contributed by atoms with Gasteiger partial charge in [0.2, 0.25) is 0 Å². The third-order valence-electron chi connectivity index (χ3n) is 7.77. The third kappa shape index (κ3) is 4.59. The van der Waals surface area contributed by atoms with Crippen molar-refractivity contribution in [3.05, 3.63) is 81.2 Å². The zero-order valence-corrected chi connectivity index (χ0v) is 21.6. The molecule has 2 aromatic carbocycles. The fourth-order valence-electron chi connectivity index (χ4n) is 5.00. The lowest BCUT2D eigenvalue weighted by atomic mass is 9.69. The number of carbonyl (C=O) groups is 2. The standard InChI is InChI=1S/C29H32N2O3S/c1-5-29(3,4)20-12-15-22-23(16-20)35-27-24(22)26(32)30-25(31-27)18-10-13-21(14-11-18)34-28(33)19-8-6-17(2)7-9-19/h6-11,13-14,20,25,31H,5,12,15-16H2,1-4H3,(H,30,32)/t20-,25-/m0/s1. The SMILES string of the molecule is CCC(C)(C)[C@H]1CCc2c(sc3c2C(=O)N[C@H](c2ccc(OC(=O)c4ccc(C)cc4)cc2)N3)C1. The van der Waals surface area contributed by atoms with Gasteiger partial charge < -0.3 is 15.4 Å². The summed E-state index contributed by atoms with van der Waals surface area (Å²) in [5, 5.41) is 7.62. The van der Waals surface area contributed by atoms with E-state index in [1.54, 1.807) is 35.6 Å². The Balaban J connectivity index is 1.30. The highest BCUT2D eigenvalue weighted by molar-refractivity contribution is 7.16. The minimum absolute atomic E-state index is 0.00988. The van der Waals surface area contributed by atoms with E-state index in [2.05, 4.69) is 31.4 Å². The maximum Gasteiger partial charge on any atom is 0.343 e. The van der Waals surface area contributed by atoms with Crippen LogP contribution in [0.15, 0.2) is 48.5 Å². The van der Waals surface area contributed by atoms with E-state index in [9.17, 15) is 9.59 Å². The first-order chi connectivity index (χ1) is 16.7. The fourth-order valence-corrected chi connectivity index (χ4v) is 6.36. The van der Waals surface area contributed by atoms with E-state index in [0.717, 1.165) is 47.4 Å². The molecule has 1 aliphatic carbocycles. The number of hydrogen-bond donors (Lipinski definition) is 2. The molecule has 5 nitrogen and oxygen atoms in total. The van der Waals surface area contributed by atoms with Crippen molar-refractivity contribution in [3.63, 3.8) is 0 Å². The summed E-state index contributed by atoms with van der Waals surface area (Å²) in [4.78, 5) is 26.9. The zero-order chi connectivity index (χ0) is 24.7. The molecule has 2 aliphatic rings. The first-order valence-electron chi connectivity index (χ1n) is 12.4. The molecule has 5 rings (SSSR count). The van der Waals surface area contributed by atoms with E-state index in [1.165, 1.54) is 10.4 Å². The Morgan fingerprint density at radius 1 is 1.09 bits per heavy atom. The predicted molar refractivity (Wildman–Crippen MR) is 140 cm³/mol. The highest BCUT2D eigenvalue weighted by Crippen LogP contribution is 2.47. The molecule has 0 saturated heterocycles. The molecule has 0 fully saturated rings. The number of thiophene rings is 1. The van der Waals surface area contributed by atoms with E-state index < -0.39 is 0 Å². The summed E-state index contributed by atoms with van der Waals surface area (Å²) in [5.74, 6) is 0.719. The maximum absolute atomic E-state index is 13.1. The van der Waals surface area contributed by atoms with Gasteiger partial charge in [0, 0.05) is 4.88 Å². The number of nitrogens with one attached hydrogen (secondary N) is 2. The molecule has 2 heterocycles. The molecule has 1 aromatic heterocycles.